The summed E-state index contributed by atoms with van der Waals surface area (Å²) in [5, 5.41) is 14.3. The number of pyridine rings is 1. The second-order valence-electron chi connectivity index (χ2n) is 9.82. The lowest BCUT2D eigenvalue weighted by molar-refractivity contribution is -0.132. The molecule has 2 heterocycles. The van der Waals surface area contributed by atoms with Crippen molar-refractivity contribution in [2.24, 2.45) is 5.92 Å². The Morgan fingerprint density at radius 2 is 1.74 bits per heavy atom. The summed E-state index contributed by atoms with van der Waals surface area (Å²) in [4.78, 5) is 31.0. The highest BCUT2D eigenvalue weighted by molar-refractivity contribution is 6.30. The predicted octanol–water partition coefficient (Wildman–Crippen LogP) is 5.52. The van der Waals surface area contributed by atoms with Crippen LogP contribution < -0.4 is 10.2 Å². The molecule has 0 bridgehead atoms. The molecule has 5 rings (SSSR count). The van der Waals surface area contributed by atoms with Crippen molar-refractivity contribution in [3.8, 4) is 0 Å². The fraction of sp³-hybridized carbons (Fsp3) is 0.321. The van der Waals surface area contributed by atoms with Crippen LogP contribution in [0.2, 0.25) is 5.02 Å². The molecule has 39 heavy (non-hydrogen) atoms. The fourth-order valence-corrected chi connectivity index (χ4v) is 5.66. The van der Waals surface area contributed by atoms with Gasteiger partial charge in [0.25, 0.3) is 18.2 Å². The molecule has 2 aliphatic rings. The standard InChI is InChI=1S/C28H24ClF4N3O3/c29-16-12-18(23(25(32)33)34-13-16)26(37)35-17-10-8-15(9-11-17)14-36-24-20(5-3-7-22(24)31)28(39,27(36)38)19-4-1-2-6-21(19)30/h1-7,12-13,15,17,25,39H,8-11,14H2,(H,35,37)/t15-,17-,28?. The minimum absolute atomic E-state index is 0.0245. The molecule has 0 spiro atoms. The highest BCUT2D eigenvalue weighted by Gasteiger charge is 2.53. The average molecular weight is 562 g/mol. The topological polar surface area (TPSA) is 82.5 Å². The number of nitrogens with zero attached hydrogens (tertiary/aromatic N) is 2. The molecule has 11 heteroatoms. The van der Waals surface area contributed by atoms with Crippen molar-refractivity contribution >= 4 is 29.1 Å². The summed E-state index contributed by atoms with van der Waals surface area (Å²) in [6.07, 6.45) is 0.149. The molecule has 1 unspecified atom stereocenters. The number of para-hydroxylation sites is 1. The van der Waals surface area contributed by atoms with Gasteiger partial charge >= 0.3 is 0 Å². The number of anilines is 1. The summed E-state index contributed by atoms with van der Waals surface area (Å²) in [5.74, 6) is -3.15. The summed E-state index contributed by atoms with van der Waals surface area (Å²) in [6.45, 7) is 0.0813. The number of carbonyl (C=O) groups excluding carboxylic acids is 2. The van der Waals surface area contributed by atoms with Crippen molar-refractivity contribution in [1.82, 2.24) is 10.3 Å². The Kier molecular flexibility index (Phi) is 7.35. The number of rotatable bonds is 6. The lowest BCUT2D eigenvalue weighted by Gasteiger charge is -2.32. The Hall–Kier alpha value is -3.50. The largest absolute Gasteiger partial charge is 0.372 e. The van der Waals surface area contributed by atoms with E-state index < -0.39 is 41.2 Å². The zero-order valence-electron chi connectivity index (χ0n) is 20.5. The first kappa shape index (κ1) is 27.1. The van der Waals surface area contributed by atoms with Crippen LogP contribution in [0.4, 0.5) is 23.2 Å². The van der Waals surface area contributed by atoms with Gasteiger partial charge in [-0.1, -0.05) is 41.9 Å². The van der Waals surface area contributed by atoms with Gasteiger partial charge in [0.05, 0.1) is 16.3 Å². The van der Waals surface area contributed by atoms with Crippen molar-refractivity contribution < 1.29 is 32.3 Å². The van der Waals surface area contributed by atoms with Crippen molar-refractivity contribution in [2.75, 3.05) is 11.4 Å². The normalized spacial score (nSPS) is 22.7. The van der Waals surface area contributed by atoms with Crippen LogP contribution in [0, 0.1) is 17.6 Å². The number of halogens is 5. The number of fused-ring (bicyclic) bond motifs is 1. The number of hydrogen-bond acceptors (Lipinski definition) is 4. The lowest BCUT2D eigenvalue weighted by Crippen LogP contribution is -2.45. The number of carbonyl (C=O) groups is 2. The van der Waals surface area contributed by atoms with Crippen LogP contribution in [0.15, 0.2) is 54.7 Å². The van der Waals surface area contributed by atoms with E-state index in [1.807, 2.05) is 0 Å². The number of benzene rings is 2. The van der Waals surface area contributed by atoms with E-state index in [0.29, 0.717) is 25.7 Å². The van der Waals surface area contributed by atoms with Gasteiger partial charge in [0, 0.05) is 29.9 Å². The van der Waals surface area contributed by atoms with Gasteiger partial charge in [-0.15, -0.1) is 0 Å². The molecule has 204 valence electrons. The van der Waals surface area contributed by atoms with Crippen molar-refractivity contribution in [3.63, 3.8) is 0 Å². The van der Waals surface area contributed by atoms with Crippen molar-refractivity contribution in [1.29, 1.82) is 0 Å². The SMILES string of the molecule is O=C(N[C@H]1CC[C@H](CN2C(=O)C(O)(c3ccccc3F)c3cccc(F)c32)CC1)c1cc(Cl)cnc1C(F)F. The number of aromatic nitrogens is 1. The Labute approximate surface area is 226 Å². The third kappa shape index (κ3) is 4.87. The molecule has 3 aromatic rings. The van der Waals surface area contributed by atoms with Crippen LogP contribution in [0.3, 0.4) is 0 Å². The van der Waals surface area contributed by atoms with E-state index in [4.69, 9.17) is 11.6 Å². The first-order valence-corrected chi connectivity index (χ1v) is 12.8. The van der Waals surface area contributed by atoms with Gasteiger partial charge in [0.1, 0.15) is 17.3 Å². The summed E-state index contributed by atoms with van der Waals surface area (Å²) in [5.41, 5.74) is -3.68. The predicted molar refractivity (Wildman–Crippen MR) is 136 cm³/mol. The molecule has 1 aliphatic heterocycles. The summed E-state index contributed by atoms with van der Waals surface area (Å²) >= 11 is 5.85. The highest BCUT2D eigenvalue weighted by Crippen LogP contribution is 2.47. The molecular weight excluding hydrogens is 538 g/mol. The van der Waals surface area contributed by atoms with E-state index in [1.54, 1.807) is 0 Å². The van der Waals surface area contributed by atoms with Crippen LogP contribution in [-0.2, 0) is 10.4 Å². The number of hydrogen-bond donors (Lipinski definition) is 2. The first-order chi connectivity index (χ1) is 18.6. The average Bonchev–Trinajstić information content (AvgIpc) is 3.13. The number of nitrogens with one attached hydrogen (secondary N) is 1. The Bertz CT molecular complexity index is 1430. The van der Waals surface area contributed by atoms with E-state index in [2.05, 4.69) is 10.3 Å². The van der Waals surface area contributed by atoms with Crippen LogP contribution in [0.5, 0.6) is 0 Å². The Morgan fingerprint density at radius 1 is 1.08 bits per heavy atom. The van der Waals surface area contributed by atoms with Gasteiger partial charge < -0.3 is 15.3 Å². The minimum Gasteiger partial charge on any atom is -0.372 e. The van der Waals surface area contributed by atoms with E-state index in [0.717, 1.165) is 18.3 Å². The van der Waals surface area contributed by atoms with Crippen molar-refractivity contribution in [2.45, 2.75) is 43.8 Å². The van der Waals surface area contributed by atoms with E-state index >= 15 is 0 Å². The molecule has 2 N–H and O–H groups in total. The van der Waals surface area contributed by atoms with Crippen LogP contribution in [-0.4, -0.2) is 34.5 Å². The summed E-state index contributed by atoms with van der Waals surface area (Å²) in [6, 6.07) is 10.1. The number of aliphatic hydroxyl groups is 1. The number of alkyl halides is 2. The molecule has 2 amide bonds. The second kappa shape index (κ2) is 10.6. The van der Waals surface area contributed by atoms with Gasteiger partial charge in [-0.25, -0.2) is 17.6 Å². The molecule has 1 fully saturated rings. The molecular formula is C28H24ClF4N3O3. The molecule has 0 radical (unpaired) electrons. The van der Waals surface area contributed by atoms with Gasteiger partial charge in [-0.3, -0.25) is 14.6 Å². The summed E-state index contributed by atoms with van der Waals surface area (Å²) < 4.78 is 56.3. The van der Waals surface area contributed by atoms with E-state index in [-0.39, 0.29) is 45.9 Å². The third-order valence-corrected chi connectivity index (χ3v) is 7.63. The van der Waals surface area contributed by atoms with Crippen LogP contribution in [0.25, 0.3) is 0 Å². The molecule has 1 saturated carbocycles. The smallest absolute Gasteiger partial charge is 0.281 e. The van der Waals surface area contributed by atoms with Gasteiger partial charge in [-0.05, 0) is 49.8 Å². The maximum atomic E-state index is 15.0. The molecule has 1 atom stereocenters. The molecule has 6 nitrogen and oxygen atoms in total. The third-order valence-electron chi connectivity index (χ3n) is 7.42. The van der Waals surface area contributed by atoms with Crippen LogP contribution >= 0.6 is 11.6 Å². The minimum atomic E-state index is -2.94. The van der Waals surface area contributed by atoms with Crippen molar-refractivity contribution in [3.05, 3.63) is 93.8 Å². The van der Waals surface area contributed by atoms with Gasteiger partial charge in [0.2, 0.25) is 0 Å². The number of amides is 2. The maximum absolute atomic E-state index is 15.0. The quantitative estimate of drug-likeness (QED) is 0.388. The second-order valence-corrected chi connectivity index (χ2v) is 10.3. The van der Waals surface area contributed by atoms with E-state index in [9.17, 15) is 32.3 Å². The first-order valence-electron chi connectivity index (χ1n) is 12.4. The lowest BCUT2D eigenvalue weighted by atomic mass is 9.85. The molecule has 1 aliphatic carbocycles. The molecule has 2 aromatic carbocycles. The van der Waals surface area contributed by atoms with Crippen LogP contribution in [0.1, 0.15) is 59.3 Å². The van der Waals surface area contributed by atoms with Gasteiger partial charge in [-0.2, -0.15) is 0 Å². The Morgan fingerprint density at radius 3 is 2.44 bits per heavy atom. The Balaban J connectivity index is 1.30. The summed E-state index contributed by atoms with van der Waals surface area (Å²) in [7, 11) is 0. The fourth-order valence-electron chi connectivity index (χ4n) is 5.50. The zero-order valence-corrected chi connectivity index (χ0v) is 21.3. The molecule has 0 saturated heterocycles. The molecule has 1 aromatic heterocycles. The van der Waals surface area contributed by atoms with Gasteiger partial charge in [0.15, 0.2) is 5.60 Å². The highest BCUT2D eigenvalue weighted by atomic mass is 35.5. The monoisotopic (exact) mass is 561 g/mol. The maximum Gasteiger partial charge on any atom is 0.281 e. The zero-order chi connectivity index (χ0) is 27.9. The van der Waals surface area contributed by atoms with E-state index in [1.165, 1.54) is 41.3 Å².